The van der Waals surface area contributed by atoms with Crippen LogP contribution in [0.2, 0.25) is 0 Å². The quantitative estimate of drug-likeness (QED) is 0.197. The molecule has 1 aliphatic heterocycles. The number of carbonyl (C=O) groups is 2. The molecule has 0 aromatic heterocycles. The van der Waals surface area contributed by atoms with Gasteiger partial charge in [-0.2, -0.15) is 0 Å². The summed E-state index contributed by atoms with van der Waals surface area (Å²) in [6, 6.07) is 12.6. The van der Waals surface area contributed by atoms with E-state index in [0.717, 1.165) is 9.91 Å². The van der Waals surface area contributed by atoms with Crippen LogP contribution in [0.25, 0.3) is 0 Å². The van der Waals surface area contributed by atoms with Gasteiger partial charge in [-0.25, -0.2) is 27.0 Å². The molecule has 2 N–H and O–H groups in total. The van der Waals surface area contributed by atoms with Gasteiger partial charge in [-0.05, 0) is 48.6 Å². The van der Waals surface area contributed by atoms with Crippen molar-refractivity contribution >= 4 is 46.2 Å². The number of nitrogens with zero attached hydrogens (tertiary/aromatic N) is 2. The van der Waals surface area contributed by atoms with E-state index < -0.39 is 59.1 Å². The molecule has 7 nitrogen and oxygen atoms in total. The molecule has 4 rings (SSSR count). The SMILES string of the molecule is COc1ccc(NC(=O)CC2C(=O)N(c3ccccc3)C(=S)N2Nc2c(F)c(F)c(F)c(F)c2F)cc1. The van der Waals surface area contributed by atoms with E-state index in [0.29, 0.717) is 11.4 Å². The molecule has 37 heavy (non-hydrogen) atoms. The number of hydrogen-bond donors (Lipinski definition) is 2. The molecule has 0 bridgehead atoms. The Morgan fingerprint density at radius 1 is 0.919 bits per heavy atom. The predicted molar refractivity (Wildman–Crippen MR) is 128 cm³/mol. The summed E-state index contributed by atoms with van der Waals surface area (Å²) >= 11 is 5.30. The van der Waals surface area contributed by atoms with Crippen LogP contribution in [0, 0.1) is 29.1 Å². The third-order valence-corrected chi connectivity index (χ3v) is 5.80. The average molecular weight is 536 g/mol. The van der Waals surface area contributed by atoms with Gasteiger partial charge >= 0.3 is 0 Å². The highest BCUT2D eigenvalue weighted by Gasteiger charge is 2.45. The second-order valence-electron chi connectivity index (χ2n) is 7.72. The minimum atomic E-state index is -2.35. The van der Waals surface area contributed by atoms with E-state index in [-0.39, 0.29) is 10.8 Å². The van der Waals surface area contributed by atoms with E-state index in [1.807, 2.05) is 5.43 Å². The van der Waals surface area contributed by atoms with Crippen molar-refractivity contribution in [3.05, 3.63) is 83.7 Å². The zero-order chi connectivity index (χ0) is 26.9. The first-order valence-corrected chi connectivity index (χ1v) is 11.0. The molecule has 192 valence electrons. The fraction of sp³-hybridized carbons (Fsp3) is 0.125. The third-order valence-electron chi connectivity index (χ3n) is 5.42. The Bertz CT molecular complexity index is 1350. The highest BCUT2D eigenvalue weighted by atomic mass is 32.1. The van der Waals surface area contributed by atoms with Crippen LogP contribution in [0.15, 0.2) is 54.6 Å². The van der Waals surface area contributed by atoms with Gasteiger partial charge in [0.25, 0.3) is 5.91 Å². The van der Waals surface area contributed by atoms with Gasteiger partial charge in [0.05, 0.1) is 19.2 Å². The Morgan fingerprint density at radius 2 is 1.49 bits per heavy atom. The molecule has 1 atom stereocenters. The van der Waals surface area contributed by atoms with Crippen molar-refractivity contribution in [1.82, 2.24) is 5.01 Å². The summed E-state index contributed by atoms with van der Waals surface area (Å²) in [5.74, 6) is -12.0. The first-order chi connectivity index (χ1) is 17.6. The molecular formula is C24H17F5N4O3S. The summed E-state index contributed by atoms with van der Waals surface area (Å²) in [7, 11) is 1.47. The van der Waals surface area contributed by atoms with Crippen LogP contribution in [0.4, 0.5) is 39.0 Å². The third kappa shape index (κ3) is 4.89. The number of hydrogen-bond acceptors (Lipinski definition) is 5. The van der Waals surface area contributed by atoms with E-state index in [1.165, 1.54) is 19.2 Å². The van der Waals surface area contributed by atoms with Gasteiger partial charge in [-0.15, -0.1) is 0 Å². The van der Waals surface area contributed by atoms with Crippen LogP contribution < -0.4 is 20.4 Å². The highest BCUT2D eigenvalue weighted by molar-refractivity contribution is 7.80. The zero-order valence-electron chi connectivity index (χ0n) is 18.9. The van der Waals surface area contributed by atoms with Crippen LogP contribution in [0.5, 0.6) is 5.75 Å². The van der Waals surface area contributed by atoms with Crippen LogP contribution in [-0.2, 0) is 9.59 Å². The average Bonchev–Trinajstić information content (AvgIpc) is 3.13. The van der Waals surface area contributed by atoms with Crippen molar-refractivity contribution < 1.29 is 36.3 Å². The summed E-state index contributed by atoms with van der Waals surface area (Å²) < 4.78 is 74.9. The molecule has 1 unspecified atom stereocenters. The fourth-order valence-corrected chi connectivity index (χ4v) is 3.97. The zero-order valence-corrected chi connectivity index (χ0v) is 19.7. The number of halogens is 5. The van der Waals surface area contributed by atoms with E-state index in [2.05, 4.69) is 5.32 Å². The van der Waals surface area contributed by atoms with Crippen molar-refractivity contribution in [1.29, 1.82) is 0 Å². The molecule has 1 heterocycles. The Hall–Kier alpha value is -4.26. The van der Waals surface area contributed by atoms with Crippen LogP contribution in [0.3, 0.4) is 0 Å². The van der Waals surface area contributed by atoms with Crippen LogP contribution in [0.1, 0.15) is 6.42 Å². The number of rotatable bonds is 7. The van der Waals surface area contributed by atoms with Crippen molar-refractivity contribution in [3.8, 4) is 5.75 Å². The number of nitrogens with one attached hydrogen (secondary N) is 2. The normalized spacial score (nSPS) is 15.2. The lowest BCUT2D eigenvalue weighted by atomic mass is 10.1. The van der Waals surface area contributed by atoms with E-state index in [9.17, 15) is 31.5 Å². The summed E-state index contributed by atoms with van der Waals surface area (Å²) in [6.45, 7) is 0. The van der Waals surface area contributed by atoms with Crippen LogP contribution in [-0.4, -0.2) is 35.1 Å². The van der Waals surface area contributed by atoms with Crippen molar-refractivity contribution in [2.45, 2.75) is 12.5 Å². The van der Waals surface area contributed by atoms with Gasteiger partial charge < -0.3 is 10.1 Å². The standard InChI is InChI=1S/C24H17F5N4O3S/c1-36-14-9-7-12(8-10-14)30-16(34)11-15-23(35)32(13-5-3-2-4-6-13)24(37)33(15)31-22-20(28)18(26)17(25)19(27)21(22)29/h2-10,15,31H,11H2,1H3,(H,30,34). The Morgan fingerprint density at radius 3 is 2.05 bits per heavy atom. The van der Waals surface area contributed by atoms with Gasteiger partial charge in [0.1, 0.15) is 17.5 Å². The Kier molecular flexibility index (Phi) is 7.25. The summed E-state index contributed by atoms with van der Waals surface area (Å²) in [6.07, 6.45) is -0.587. The smallest absolute Gasteiger partial charge is 0.258 e. The Labute approximate surface area is 212 Å². The van der Waals surface area contributed by atoms with Gasteiger partial charge in [0.15, 0.2) is 23.3 Å². The first-order valence-electron chi connectivity index (χ1n) is 10.6. The topological polar surface area (TPSA) is 73.9 Å². The molecule has 2 amide bonds. The van der Waals surface area contributed by atoms with Crippen molar-refractivity contribution in [2.24, 2.45) is 0 Å². The monoisotopic (exact) mass is 536 g/mol. The molecule has 0 radical (unpaired) electrons. The molecule has 13 heteroatoms. The minimum Gasteiger partial charge on any atom is -0.497 e. The Balaban J connectivity index is 1.67. The second kappa shape index (κ2) is 10.4. The van der Waals surface area contributed by atoms with Crippen molar-refractivity contribution in [2.75, 3.05) is 22.8 Å². The molecule has 0 spiro atoms. The van der Waals surface area contributed by atoms with E-state index >= 15 is 0 Å². The van der Waals surface area contributed by atoms with E-state index in [4.69, 9.17) is 17.0 Å². The molecular weight excluding hydrogens is 519 g/mol. The van der Waals surface area contributed by atoms with E-state index in [1.54, 1.807) is 42.5 Å². The van der Waals surface area contributed by atoms with Gasteiger partial charge in [-0.1, -0.05) is 18.2 Å². The maximum atomic E-state index is 14.4. The molecule has 0 aliphatic carbocycles. The molecule has 1 fully saturated rings. The van der Waals surface area contributed by atoms with Gasteiger partial charge in [-0.3, -0.25) is 19.9 Å². The molecule has 0 saturated carbocycles. The molecule has 1 saturated heterocycles. The number of anilines is 3. The number of thiocarbonyl (C=S) groups is 1. The summed E-state index contributed by atoms with van der Waals surface area (Å²) in [4.78, 5) is 27.1. The lowest BCUT2D eigenvalue weighted by Gasteiger charge is -2.26. The number of para-hydroxylation sites is 1. The van der Waals surface area contributed by atoms with Crippen molar-refractivity contribution in [3.63, 3.8) is 0 Å². The van der Waals surface area contributed by atoms with Gasteiger partial charge in [0, 0.05) is 5.69 Å². The summed E-state index contributed by atoms with van der Waals surface area (Å²) in [5.41, 5.74) is 1.23. The lowest BCUT2D eigenvalue weighted by molar-refractivity contribution is -0.124. The largest absolute Gasteiger partial charge is 0.497 e. The fourth-order valence-electron chi connectivity index (χ4n) is 3.60. The highest BCUT2D eigenvalue weighted by Crippen LogP contribution is 2.32. The van der Waals surface area contributed by atoms with Gasteiger partial charge in [0.2, 0.25) is 16.8 Å². The predicted octanol–water partition coefficient (Wildman–Crippen LogP) is 4.75. The maximum absolute atomic E-state index is 14.4. The number of carbonyl (C=O) groups excluding carboxylic acids is 2. The second-order valence-corrected chi connectivity index (χ2v) is 8.08. The number of amides is 2. The lowest BCUT2D eigenvalue weighted by Crippen LogP contribution is -2.42. The number of hydrazine groups is 1. The summed E-state index contributed by atoms with van der Waals surface area (Å²) in [5, 5.41) is 2.91. The molecule has 3 aromatic rings. The maximum Gasteiger partial charge on any atom is 0.258 e. The molecule has 3 aromatic carbocycles. The first kappa shape index (κ1) is 25.8. The number of methoxy groups -OCH3 is 1. The number of benzene rings is 3. The minimum absolute atomic E-state index is 0.264. The van der Waals surface area contributed by atoms with Crippen LogP contribution >= 0.6 is 12.2 Å². The number of ether oxygens (including phenoxy) is 1. The molecule has 1 aliphatic rings.